The quantitative estimate of drug-likeness (QED) is 0.529. The Kier molecular flexibility index (Phi) is 2.50. The molecule has 0 saturated carbocycles. The number of nitrogens with zero attached hydrogens (tertiary/aromatic N) is 1. The zero-order chi connectivity index (χ0) is 9.97. The average molecular weight is 191 g/mol. The standard InChI is InChI=1S/C11H13NO2/c1-14-10-4-2-9(3-5-10)11(13)8-12-6-7-12/h2-5H,6-8H2,1H3. The molecule has 0 N–H and O–H groups in total. The normalized spacial score (nSPS) is 15.2. The minimum Gasteiger partial charge on any atom is -0.497 e. The lowest BCUT2D eigenvalue weighted by Gasteiger charge is -2.02. The Morgan fingerprint density at radius 1 is 1.36 bits per heavy atom. The van der Waals surface area contributed by atoms with Gasteiger partial charge in [-0.05, 0) is 24.3 Å². The van der Waals surface area contributed by atoms with Gasteiger partial charge in [0.2, 0.25) is 0 Å². The summed E-state index contributed by atoms with van der Waals surface area (Å²) >= 11 is 0. The highest BCUT2D eigenvalue weighted by Crippen LogP contribution is 2.13. The Hall–Kier alpha value is -1.35. The van der Waals surface area contributed by atoms with Crippen LogP contribution in [0.25, 0.3) is 0 Å². The van der Waals surface area contributed by atoms with Gasteiger partial charge in [0.05, 0.1) is 13.7 Å². The van der Waals surface area contributed by atoms with E-state index in [9.17, 15) is 4.79 Å². The number of carbonyl (C=O) groups excluding carboxylic acids is 1. The molecular formula is C11H13NO2. The summed E-state index contributed by atoms with van der Waals surface area (Å²) in [4.78, 5) is 13.7. The van der Waals surface area contributed by atoms with Crippen molar-refractivity contribution in [2.45, 2.75) is 0 Å². The molecule has 0 atom stereocenters. The summed E-state index contributed by atoms with van der Waals surface area (Å²) in [5, 5.41) is 0. The topological polar surface area (TPSA) is 29.3 Å². The lowest BCUT2D eigenvalue weighted by Crippen LogP contribution is -2.12. The van der Waals surface area contributed by atoms with Crippen molar-refractivity contribution >= 4 is 5.78 Å². The van der Waals surface area contributed by atoms with E-state index in [4.69, 9.17) is 4.74 Å². The Morgan fingerprint density at radius 2 is 2.00 bits per heavy atom. The van der Waals surface area contributed by atoms with E-state index in [-0.39, 0.29) is 5.78 Å². The number of benzene rings is 1. The number of ketones is 1. The highest BCUT2D eigenvalue weighted by Gasteiger charge is 2.20. The van der Waals surface area contributed by atoms with E-state index < -0.39 is 0 Å². The van der Waals surface area contributed by atoms with Gasteiger partial charge < -0.3 is 4.74 Å². The third-order valence-electron chi connectivity index (χ3n) is 2.32. The lowest BCUT2D eigenvalue weighted by atomic mass is 10.1. The summed E-state index contributed by atoms with van der Waals surface area (Å²) in [5.41, 5.74) is 0.762. The number of Topliss-reactive ketones (excluding diaryl/α,β-unsaturated/α-hetero) is 1. The Labute approximate surface area is 83.3 Å². The molecule has 0 radical (unpaired) electrons. The predicted octanol–water partition coefficient (Wildman–Crippen LogP) is 1.19. The first-order valence-corrected chi connectivity index (χ1v) is 4.69. The molecule has 1 fully saturated rings. The SMILES string of the molecule is COc1ccc(C(=O)CN2CC2)cc1. The highest BCUT2D eigenvalue weighted by atomic mass is 16.5. The van der Waals surface area contributed by atoms with Crippen LogP contribution in [0.5, 0.6) is 5.75 Å². The summed E-state index contributed by atoms with van der Waals surface area (Å²) in [6.07, 6.45) is 0. The van der Waals surface area contributed by atoms with Crippen molar-refractivity contribution in [2.24, 2.45) is 0 Å². The number of hydrogen-bond donors (Lipinski definition) is 0. The van der Waals surface area contributed by atoms with E-state index in [0.29, 0.717) is 6.54 Å². The predicted molar refractivity (Wildman–Crippen MR) is 53.8 cm³/mol. The van der Waals surface area contributed by atoms with Crippen molar-refractivity contribution in [3.8, 4) is 5.75 Å². The fourth-order valence-electron chi connectivity index (χ4n) is 1.30. The van der Waals surface area contributed by atoms with Gasteiger partial charge in [0.1, 0.15) is 5.75 Å². The molecule has 0 bridgehead atoms. The van der Waals surface area contributed by atoms with Gasteiger partial charge in [-0.3, -0.25) is 9.69 Å². The van der Waals surface area contributed by atoms with Gasteiger partial charge in [-0.15, -0.1) is 0 Å². The second-order valence-corrected chi connectivity index (χ2v) is 3.43. The van der Waals surface area contributed by atoms with E-state index in [0.717, 1.165) is 24.4 Å². The number of rotatable bonds is 4. The van der Waals surface area contributed by atoms with Gasteiger partial charge in [-0.1, -0.05) is 0 Å². The molecule has 0 unspecified atom stereocenters. The molecule has 3 nitrogen and oxygen atoms in total. The van der Waals surface area contributed by atoms with Crippen molar-refractivity contribution < 1.29 is 9.53 Å². The Morgan fingerprint density at radius 3 is 2.50 bits per heavy atom. The fourth-order valence-corrected chi connectivity index (χ4v) is 1.30. The maximum Gasteiger partial charge on any atom is 0.176 e. The molecule has 1 heterocycles. The molecule has 0 aliphatic carbocycles. The van der Waals surface area contributed by atoms with Gasteiger partial charge in [0.25, 0.3) is 0 Å². The van der Waals surface area contributed by atoms with Gasteiger partial charge in [-0.25, -0.2) is 0 Å². The number of hydrogen-bond acceptors (Lipinski definition) is 3. The largest absolute Gasteiger partial charge is 0.497 e. The van der Waals surface area contributed by atoms with Crippen LogP contribution in [0, 0.1) is 0 Å². The number of carbonyl (C=O) groups is 1. The summed E-state index contributed by atoms with van der Waals surface area (Å²) < 4.78 is 5.02. The first-order valence-electron chi connectivity index (χ1n) is 4.69. The van der Waals surface area contributed by atoms with Crippen molar-refractivity contribution in [1.82, 2.24) is 4.90 Å². The van der Waals surface area contributed by atoms with Crippen molar-refractivity contribution in [3.05, 3.63) is 29.8 Å². The van der Waals surface area contributed by atoms with Crippen LogP contribution in [0.3, 0.4) is 0 Å². The third-order valence-corrected chi connectivity index (χ3v) is 2.32. The van der Waals surface area contributed by atoms with Gasteiger partial charge in [0, 0.05) is 18.7 Å². The van der Waals surface area contributed by atoms with Crippen LogP contribution in [-0.4, -0.2) is 37.4 Å². The highest BCUT2D eigenvalue weighted by molar-refractivity contribution is 5.97. The zero-order valence-corrected chi connectivity index (χ0v) is 8.19. The Bertz CT molecular complexity index is 328. The summed E-state index contributed by atoms with van der Waals surface area (Å²) in [6.45, 7) is 2.66. The minimum absolute atomic E-state index is 0.185. The van der Waals surface area contributed by atoms with Crippen LogP contribution in [0.15, 0.2) is 24.3 Å². The molecule has 2 rings (SSSR count). The third kappa shape index (κ3) is 2.12. The summed E-state index contributed by atoms with van der Waals surface area (Å²) in [7, 11) is 1.62. The van der Waals surface area contributed by atoms with Crippen LogP contribution < -0.4 is 4.74 Å². The summed E-state index contributed by atoms with van der Waals surface area (Å²) in [6, 6.07) is 7.25. The van der Waals surface area contributed by atoms with Crippen molar-refractivity contribution in [2.75, 3.05) is 26.7 Å². The second-order valence-electron chi connectivity index (χ2n) is 3.43. The van der Waals surface area contributed by atoms with Gasteiger partial charge >= 0.3 is 0 Å². The monoisotopic (exact) mass is 191 g/mol. The van der Waals surface area contributed by atoms with E-state index in [1.54, 1.807) is 7.11 Å². The van der Waals surface area contributed by atoms with Crippen LogP contribution in [0.2, 0.25) is 0 Å². The molecule has 1 aliphatic rings. The second kappa shape index (κ2) is 3.80. The average Bonchev–Trinajstić information content (AvgIpc) is 3.02. The molecule has 1 aliphatic heterocycles. The molecule has 0 spiro atoms. The lowest BCUT2D eigenvalue weighted by molar-refractivity contribution is 0.0974. The van der Waals surface area contributed by atoms with Crippen LogP contribution in [-0.2, 0) is 0 Å². The zero-order valence-electron chi connectivity index (χ0n) is 8.19. The molecular weight excluding hydrogens is 178 g/mol. The van der Waals surface area contributed by atoms with E-state index in [2.05, 4.69) is 4.90 Å². The number of ether oxygens (including phenoxy) is 1. The van der Waals surface area contributed by atoms with Crippen LogP contribution >= 0.6 is 0 Å². The number of methoxy groups -OCH3 is 1. The van der Waals surface area contributed by atoms with Crippen LogP contribution in [0.1, 0.15) is 10.4 Å². The Balaban J connectivity index is 2.03. The molecule has 1 aromatic carbocycles. The minimum atomic E-state index is 0.185. The van der Waals surface area contributed by atoms with Crippen LogP contribution in [0.4, 0.5) is 0 Å². The van der Waals surface area contributed by atoms with E-state index >= 15 is 0 Å². The molecule has 0 aromatic heterocycles. The smallest absolute Gasteiger partial charge is 0.176 e. The van der Waals surface area contributed by atoms with Gasteiger partial charge in [0.15, 0.2) is 5.78 Å². The first-order chi connectivity index (χ1) is 6.79. The van der Waals surface area contributed by atoms with Crippen molar-refractivity contribution in [1.29, 1.82) is 0 Å². The van der Waals surface area contributed by atoms with E-state index in [1.165, 1.54) is 0 Å². The molecule has 3 heteroatoms. The van der Waals surface area contributed by atoms with Gasteiger partial charge in [-0.2, -0.15) is 0 Å². The first kappa shape index (κ1) is 9.21. The fraction of sp³-hybridized carbons (Fsp3) is 0.364. The molecule has 1 saturated heterocycles. The molecule has 0 amide bonds. The summed E-state index contributed by atoms with van der Waals surface area (Å²) in [5.74, 6) is 0.971. The van der Waals surface area contributed by atoms with E-state index in [1.807, 2.05) is 24.3 Å². The maximum atomic E-state index is 11.6. The molecule has 74 valence electrons. The molecule has 14 heavy (non-hydrogen) atoms. The maximum absolute atomic E-state index is 11.6. The molecule has 1 aromatic rings. The van der Waals surface area contributed by atoms with Crippen molar-refractivity contribution in [3.63, 3.8) is 0 Å².